The van der Waals surface area contributed by atoms with E-state index in [1.807, 2.05) is 0 Å². The lowest BCUT2D eigenvalue weighted by atomic mass is 10.4. The lowest BCUT2D eigenvalue weighted by Gasteiger charge is -1.97. The van der Waals surface area contributed by atoms with Crippen molar-refractivity contribution < 1.29 is 14.8 Å². The number of aromatic carboxylic acids is 1. The number of halogens is 1. The number of carboxylic acids is 1. The normalized spacial score (nSPS) is 10.3. The van der Waals surface area contributed by atoms with Gasteiger partial charge in [0.05, 0.1) is 12.4 Å². The number of nitro groups is 1. The van der Waals surface area contributed by atoms with Crippen molar-refractivity contribution in [2.24, 2.45) is 0 Å². The summed E-state index contributed by atoms with van der Waals surface area (Å²) in [5.74, 6) is -1.90. The first-order valence-corrected chi connectivity index (χ1v) is 5.11. The van der Waals surface area contributed by atoms with E-state index in [4.69, 9.17) is 5.11 Å². The van der Waals surface area contributed by atoms with Crippen LogP contribution in [-0.4, -0.2) is 40.7 Å². The fraction of sp³-hybridized carbons (Fsp3) is 0. The molecule has 0 radical (unpaired) electrons. The van der Waals surface area contributed by atoms with Gasteiger partial charge in [-0.2, -0.15) is 0 Å². The highest BCUT2D eigenvalue weighted by Gasteiger charge is 2.22. The number of aromatic nitrogens is 5. The number of carboxylic acid groups (broad SMARTS) is 1. The van der Waals surface area contributed by atoms with Gasteiger partial charge in [0, 0.05) is 21.0 Å². The van der Waals surface area contributed by atoms with Crippen molar-refractivity contribution in [2.75, 3.05) is 0 Å². The molecule has 0 spiro atoms. The van der Waals surface area contributed by atoms with Gasteiger partial charge >= 0.3 is 11.9 Å². The summed E-state index contributed by atoms with van der Waals surface area (Å²) in [6, 6.07) is 0. The molecule has 92 valence electrons. The molecule has 11 heteroatoms. The van der Waals surface area contributed by atoms with Gasteiger partial charge in [-0.25, -0.2) is 9.78 Å². The van der Waals surface area contributed by atoms with Crippen molar-refractivity contribution in [3.63, 3.8) is 0 Å². The molecule has 0 amide bonds. The van der Waals surface area contributed by atoms with Crippen LogP contribution in [0.4, 0.5) is 5.95 Å². The van der Waals surface area contributed by atoms with Crippen LogP contribution in [-0.2, 0) is 0 Å². The van der Waals surface area contributed by atoms with E-state index >= 15 is 0 Å². The minimum Gasteiger partial charge on any atom is -0.476 e. The summed E-state index contributed by atoms with van der Waals surface area (Å²) in [7, 11) is 0. The largest absolute Gasteiger partial charge is 0.492 e. The quantitative estimate of drug-likeness (QED) is 0.635. The van der Waals surface area contributed by atoms with Gasteiger partial charge in [0.1, 0.15) is 0 Å². The molecule has 2 heterocycles. The number of nitrogens with zero attached hydrogens (tertiary/aromatic N) is 6. The molecule has 0 aromatic carbocycles. The van der Waals surface area contributed by atoms with Gasteiger partial charge in [0.15, 0.2) is 11.5 Å². The Morgan fingerprint density at radius 1 is 1.44 bits per heavy atom. The van der Waals surface area contributed by atoms with E-state index in [2.05, 4.69) is 36.0 Å². The van der Waals surface area contributed by atoms with E-state index in [0.717, 1.165) is 10.9 Å². The maximum Gasteiger partial charge on any atom is 0.492 e. The Kier molecular flexibility index (Phi) is 2.97. The number of rotatable bonds is 3. The van der Waals surface area contributed by atoms with Gasteiger partial charge in [-0.05, 0) is 9.91 Å². The van der Waals surface area contributed by atoms with Crippen molar-refractivity contribution in [3.05, 3.63) is 32.9 Å². The van der Waals surface area contributed by atoms with Crippen LogP contribution in [0.15, 0.2) is 17.1 Å². The maximum absolute atomic E-state index is 10.7. The topological polar surface area (TPSA) is 137 Å². The monoisotopic (exact) mass is 314 g/mol. The molecular formula is C7H3BrN6O4. The van der Waals surface area contributed by atoms with Crippen LogP contribution in [0.25, 0.3) is 5.82 Å². The van der Waals surface area contributed by atoms with Crippen LogP contribution in [0.1, 0.15) is 10.5 Å². The fourth-order valence-corrected chi connectivity index (χ4v) is 1.49. The molecule has 0 unspecified atom stereocenters. The van der Waals surface area contributed by atoms with Crippen LogP contribution >= 0.6 is 15.9 Å². The minimum atomic E-state index is -1.27. The third-order valence-electron chi connectivity index (χ3n) is 1.78. The average Bonchev–Trinajstić information content (AvgIpc) is 2.72. The van der Waals surface area contributed by atoms with Crippen molar-refractivity contribution >= 4 is 27.8 Å². The minimum absolute atomic E-state index is 0.00220. The summed E-state index contributed by atoms with van der Waals surface area (Å²) in [4.78, 5) is 31.3. The van der Waals surface area contributed by atoms with Gasteiger partial charge in [0.25, 0.3) is 4.73 Å². The molecule has 0 aliphatic carbocycles. The van der Waals surface area contributed by atoms with Crippen molar-refractivity contribution in [1.29, 1.82) is 0 Å². The third kappa shape index (κ3) is 2.15. The summed E-state index contributed by atoms with van der Waals surface area (Å²) in [6.45, 7) is 0. The zero-order chi connectivity index (χ0) is 13.3. The summed E-state index contributed by atoms with van der Waals surface area (Å²) < 4.78 is 0.989. The van der Waals surface area contributed by atoms with Gasteiger partial charge < -0.3 is 15.2 Å². The van der Waals surface area contributed by atoms with E-state index < -0.39 is 16.8 Å². The van der Waals surface area contributed by atoms with Crippen LogP contribution in [0.5, 0.6) is 0 Å². The van der Waals surface area contributed by atoms with Gasteiger partial charge in [-0.1, -0.05) is 0 Å². The molecule has 0 saturated heterocycles. The molecule has 0 aliphatic rings. The van der Waals surface area contributed by atoms with Gasteiger partial charge in [-0.3, -0.25) is 4.98 Å². The van der Waals surface area contributed by atoms with Gasteiger partial charge in [-0.15, -0.1) is 4.68 Å². The lowest BCUT2D eigenvalue weighted by molar-refractivity contribution is -0.394. The number of hydrogen-bond acceptors (Lipinski definition) is 7. The second-order valence-corrected chi connectivity index (χ2v) is 3.63. The Hall–Kier alpha value is -2.43. The number of carbonyl (C=O) groups is 1. The summed E-state index contributed by atoms with van der Waals surface area (Å²) in [5.41, 5.74) is -0.308. The Morgan fingerprint density at radius 3 is 2.72 bits per heavy atom. The summed E-state index contributed by atoms with van der Waals surface area (Å²) in [5, 5.41) is 22.8. The molecule has 0 fully saturated rings. The SMILES string of the molecule is O=C(O)c1cncc(-n2nc([N+](=O)[O-])nc2Br)n1. The molecule has 2 aromatic heterocycles. The molecule has 0 aliphatic heterocycles. The maximum atomic E-state index is 10.7. The molecule has 0 saturated carbocycles. The Balaban J connectivity index is 2.51. The highest BCUT2D eigenvalue weighted by atomic mass is 79.9. The first kappa shape index (κ1) is 12.0. The van der Waals surface area contributed by atoms with E-state index in [1.54, 1.807) is 0 Å². The van der Waals surface area contributed by atoms with Crippen LogP contribution in [0.3, 0.4) is 0 Å². The van der Waals surface area contributed by atoms with Crippen LogP contribution < -0.4 is 0 Å². The summed E-state index contributed by atoms with van der Waals surface area (Å²) in [6.07, 6.45) is 2.25. The third-order valence-corrected chi connectivity index (χ3v) is 2.29. The molecule has 0 atom stereocenters. The first-order chi connectivity index (χ1) is 8.49. The smallest absolute Gasteiger partial charge is 0.476 e. The Morgan fingerprint density at radius 2 is 2.17 bits per heavy atom. The Labute approximate surface area is 107 Å². The Bertz CT molecular complexity index is 641. The predicted octanol–water partition coefficient (Wildman–Crippen LogP) is 0.426. The average molecular weight is 315 g/mol. The molecule has 1 N–H and O–H groups in total. The van der Waals surface area contributed by atoms with E-state index in [1.165, 1.54) is 6.20 Å². The molecule has 2 aromatic rings. The van der Waals surface area contributed by atoms with Crippen LogP contribution in [0, 0.1) is 10.1 Å². The van der Waals surface area contributed by atoms with Crippen molar-refractivity contribution in [1.82, 2.24) is 24.7 Å². The fourth-order valence-electron chi connectivity index (χ4n) is 1.07. The lowest BCUT2D eigenvalue weighted by Crippen LogP contribution is -2.07. The molecule has 0 bridgehead atoms. The molecule has 10 nitrogen and oxygen atoms in total. The van der Waals surface area contributed by atoms with E-state index in [-0.39, 0.29) is 16.2 Å². The van der Waals surface area contributed by atoms with E-state index in [0.29, 0.717) is 0 Å². The molecular weight excluding hydrogens is 312 g/mol. The van der Waals surface area contributed by atoms with Gasteiger partial charge in [0.2, 0.25) is 0 Å². The highest BCUT2D eigenvalue weighted by molar-refractivity contribution is 9.10. The predicted molar refractivity (Wildman–Crippen MR) is 58.3 cm³/mol. The summed E-state index contributed by atoms with van der Waals surface area (Å²) >= 11 is 2.95. The zero-order valence-electron chi connectivity index (χ0n) is 8.39. The van der Waals surface area contributed by atoms with Crippen molar-refractivity contribution in [2.45, 2.75) is 0 Å². The van der Waals surface area contributed by atoms with Crippen LogP contribution in [0.2, 0.25) is 0 Å². The highest BCUT2D eigenvalue weighted by Crippen LogP contribution is 2.16. The van der Waals surface area contributed by atoms with E-state index in [9.17, 15) is 14.9 Å². The second kappa shape index (κ2) is 4.44. The number of hydrogen-bond donors (Lipinski definition) is 1. The van der Waals surface area contributed by atoms with Crippen molar-refractivity contribution in [3.8, 4) is 5.82 Å². The second-order valence-electron chi connectivity index (χ2n) is 2.92. The molecule has 18 heavy (non-hydrogen) atoms. The first-order valence-electron chi connectivity index (χ1n) is 4.31. The zero-order valence-corrected chi connectivity index (χ0v) is 9.97. The molecule has 2 rings (SSSR count). The standard InChI is InChI=1S/C7H3BrN6O4/c8-6-11-7(14(17)18)12-13(6)4-2-9-1-3(10-4)5(15)16/h1-2H,(H,15,16).